The molecule has 0 bridgehead atoms. The molecule has 0 atom stereocenters. The summed E-state index contributed by atoms with van der Waals surface area (Å²) in [6.45, 7) is 2.57. The number of nitrogens with zero attached hydrogens (tertiary/aromatic N) is 4. The van der Waals surface area contributed by atoms with Crippen LogP contribution >= 0.6 is 11.6 Å². The fourth-order valence-corrected chi connectivity index (χ4v) is 4.65. The molecular weight excluding hydrogens is 372 g/mol. The van der Waals surface area contributed by atoms with Gasteiger partial charge >= 0.3 is 0 Å². The molecule has 0 unspecified atom stereocenters. The lowest BCUT2D eigenvalue weighted by Crippen LogP contribution is -2.50. The molecule has 3 aromatic rings. The predicted molar refractivity (Wildman–Crippen MR) is 99.4 cm³/mol. The van der Waals surface area contributed by atoms with Gasteiger partial charge in [0.25, 0.3) is 0 Å². The molecule has 1 aliphatic rings. The molecule has 1 aliphatic heterocycles. The third-order valence-corrected chi connectivity index (χ3v) is 6.80. The van der Waals surface area contributed by atoms with Crippen LogP contribution in [0.25, 0.3) is 11.3 Å². The Kier molecular flexibility index (Phi) is 4.30. The van der Waals surface area contributed by atoms with Crippen molar-refractivity contribution in [2.45, 2.75) is 17.9 Å². The van der Waals surface area contributed by atoms with Crippen LogP contribution < -0.4 is 0 Å². The molecular formula is C18H17ClN4O2S. The second-order valence-corrected chi connectivity index (χ2v) is 8.68. The molecule has 0 N–H and O–H groups in total. The summed E-state index contributed by atoms with van der Waals surface area (Å²) in [5.41, 5.74) is 2.61. The smallest absolute Gasteiger partial charge is 0.243 e. The van der Waals surface area contributed by atoms with Crippen LogP contribution in [-0.4, -0.2) is 40.8 Å². The lowest BCUT2D eigenvalue weighted by Gasteiger charge is -2.37. The van der Waals surface area contributed by atoms with Crippen molar-refractivity contribution < 1.29 is 8.42 Å². The highest BCUT2D eigenvalue weighted by atomic mass is 35.5. The number of rotatable bonds is 4. The fraction of sp³-hybridized carbons (Fsp3) is 0.222. The number of aryl methyl sites for hydroxylation is 1. The van der Waals surface area contributed by atoms with E-state index in [0.717, 1.165) is 16.8 Å². The van der Waals surface area contributed by atoms with Crippen LogP contribution in [0.3, 0.4) is 0 Å². The lowest BCUT2D eigenvalue weighted by molar-refractivity contribution is 0.189. The first-order chi connectivity index (χ1) is 12.4. The summed E-state index contributed by atoms with van der Waals surface area (Å²) in [5, 5.41) is 8.79. The number of hydrogen-bond donors (Lipinski definition) is 0. The monoisotopic (exact) mass is 388 g/mol. The van der Waals surface area contributed by atoms with Gasteiger partial charge in [0.15, 0.2) is 0 Å². The second-order valence-electron chi connectivity index (χ2n) is 6.34. The number of benzene rings is 2. The van der Waals surface area contributed by atoms with Gasteiger partial charge in [-0.25, -0.2) is 13.1 Å². The Labute approximate surface area is 157 Å². The van der Waals surface area contributed by atoms with Gasteiger partial charge in [-0.2, -0.15) is 4.31 Å². The van der Waals surface area contributed by atoms with Crippen molar-refractivity contribution in [2.24, 2.45) is 0 Å². The maximum Gasteiger partial charge on any atom is 0.243 e. The SMILES string of the molecule is Cc1ccc(S(=O)(=O)N2CC(n3cc(-c4ccccc4)nn3)C2)cc1Cl. The minimum absolute atomic E-state index is 0.0179. The molecule has 0 amide bonds. The predicted octanol–water partition coefficient (Wildman–Crippen LogP) is 3.15. The highest BCUT2D eigenvalue weighted by Crippen LogP contribution is 2.30. The molecule has 0 saturated carbocycles. The van der Waals surface area contributed by atoms with Crippen LogP contribution in [0.1, 0.15) is 11.6 Å². The number of aromatic nitrogens is 3. The Balaban J connectivity index is 1.48. The molecule has 26 heavy (non-hydrogen) atoms. The van der Waals surface area contributed by atoms with Crippen molar-refractivity contribution >= 4 is 21.6 Å². The van der Waals surface area contributed by atoms with E-state index < -0.39 is 10.0 Å². The van der Waals surface area contributed by atoms with Gasteiger partial charge in [0.05, 0.1) is 17.1 Å². The Morgan fingerprint density at radius 1 is 1.12 bits per heavy atom. The average molecular weight is 389 g/mol. The molecule has 6 nitrogen and oxygen atoms in total. The zero-order valence-electron chi connectivity index (χ0n) is 14.1. The van der Waals surface area contributed by atoms with Gasteiger partial charge < -0.3 is 0 Å². The van der Waals surface area contributed by atoms with E-state index in [-0.39, 0.29) is 10.9 Å². The minimum Gasteiger partial charge on any atom is -0.246 e. The normalized spacial score (nSPS) is 15.8. The van der Waals surface area contributed by atoms with Crippen LogP contribution in [0.2, 0.25) is 5.02 Å². The van der Waals surface area contributed by atoms with E-state index in [0.29, 0.717) is 18.1 Å². The third-order valence-electron chi connectivity index (χ3n) is 4.56. The Morgan fingerprint density at radius 2 is 1.85 bits per heavy atom. The molecule has 1 aromatic heterocycles. The maximum absolute atomic E-state index is 12.7. The molecule has 1 saturated heterocycles. The maximum atomic E-state index is 12.7. The summed E-state index contributed by atoms with van der Waals surface area (Å²) in [4.78, 5) is 0.218. The quantitative estimate of drug-likeness (QED) is 0.688. The van der Waals surface area contributed by atoms with Crippen LogP contribution in [0.15, 0.2) is 59.6 Å². The molecule has 2 heterocycles. The van der Waals surface area contributed by atoms with Crippen molar-refractivity contribution in [3.05, 3.63) is 65.3 Å². The fourth-order valence-electron chi connectivity index (χ4n) is 2.86. The van der Waals surface area contributed by atoms with Gasteiger partial charge in [-0.05, 0) is 24.6 Å². The summed E-state index contributed by atoms with van der Waals surface area (Å²) in [7, 11) is -3.54. The van der Waals surface area contributed by atoms with E-state index in [1.54, 1.807) is 16.8 Å². The van der Waals surface area contributed by atoms with Crippen molar-refractivity contribution in [3.8, 4) is 11.3 Å². The highest BCUT2D eigenvalue weighted by molar-refractivity contribution is 7.89. The van der Waals surface area contributed by atoms with Crippen molar-refractivity contribution in [1.29, 1.82) is 0 Å². The number of hydrogen-bond acceptors (Lipinski definition) is 4. The largest absolute Gasteiger partial charge is 0.246 e. The Bertz CT molecular complexity index is 1040. The minimum atomic E-state index is -3.54. The van der Waals surface area contributed by atoms with Gasteiger partial charge in [-0.3, -0.25) is 0 Å². The highest BCUT2D eigenvalue weighted by Gasteiger charge is 2.38. The third kappa shape index (κ3) is 3.02. The van der Waals surface area contributed by atoms with E-state index in [2.05, 4.69) is 10.3 Å². The van der Waals surface area contributed by atoms with E-state index in [9.17, 15) is 8.42 Å². The van der Waals surface area contributed by atoms with Gasteiger partial charge in [0.2, 0.25) is 10.0 Å². The standard InChI is InChI=1S/C18H17ClN4O2S/c1-13-7-8-16(9-17(13)19)26(24,25)22-10-15(11-22)23-12-18(20-21-23)14-5-3-2-4-6-14/h2-9,12,15H,10-11H2,1H3. The average Bonchev–Trinajstić information content (AvgIpc) is 3.06. The van der Waals surface area contributed by atoms with Crippen molar-refractivity contribution in [3.63, 3.8) is 0 Å². The first kappa shape index (κ1) is 17.2. The van der Waals surface area contributed by atoms with Crippen LogP contribution in [0.5, 0.6) is 0 Å². The molecule has 0 spiro atoms. The van der Waals surface area contributed by atoms with E-state index in [1.807, 2.05) is 43.5 Å². The van der Waals surface area contributed by atoms with Gasteiger partial charge in [0, 0.05) is 23.7 Å². The van der Waals surface area contributed by atoms with E-state index in [1.165, 1.54) is 10.4 Å². The Hall–Kier alpha value is -2.22. The lowest BCUT2D eigenvalue weighted by atomic mass is 10.1. The van der Waals surface area contributed by atoms with Crippen LogP contribution in [-0.2, 0) is 10.0 Å². The summed E-state index contributed by atoms with van der Waals surface area (Å²) >= 11 is 6.07. The molecule has 8 heteroatoms. The molecule has 2 aromatic carbocycles. The number of halogens is 1. The summed E-state index contributed by atoms with van der Waals surface area (Å²) in [6.07, 6.45) is 1.85. The molecule has 0 radical (unpaired) electrons. The second kappa shape index (κ2) is 6.50. The number of sulfonamides is 1. The van der Waals surface area contributed by atoms with Gasteiger partial charge in [-0.1, -0.05) is 53.2 Å². The van der Waals surface area contributed by atoms with Gasteiger partial charge in [-0.15, -0.1) is 5.10 Å². The first-order valence-electron chi connectivity index (χ1n) is 8.19. The van der Waals surface area contributed by atoms with Crippen molar-refractivity contribution in [2.75, 3.05) is 13.1 Å². The zero-order chi connectivity index (χ0) is 18.3. The molecule has 4 rings (SSSR count). The van der Waals surface area contributed by atoms with Crippen LogP contribution in [0.4, 0.5) is 0 Å². The first-order valence-corrected chi connectivity index (χ1v) is 10.0. The van der Waals surface area contributed by atoms with Crippen molar-refractivity contribution in [1.82, 2.24) is 19.3 Å². The topological polar surface area (TPSA) is 68.1 Å². The van der Waals surface area contributed by atoms with Crippen LogP contribution in [0, 0.1) is 6.92 Å². The zero-order valence-corrected chi connectivity index (χ0v) is 15.7. The van der Waals surface area contributed by atoms with E-state index >= 15 is 0 Å². The Morgan fingerprint density at radius 3 is 2.54 bits per heavy atom. The molecule has 134 valence electrons. The molecule has 1 fully saturated rings. The summed E-state index contributed by atoms with van der Waals surface area (Å²) in [5.74, 6) is 0. The molecule has 0 aliphatic carbocycles. The summed E-state index contributed by atoms with van der Waals surface area (Å²) < 4.78 is 28.6. The summed E-state index contributed by atoms with van der Waals surface area (Å²) in [6, 6.07) is 14.6. The van der Waals surface area contributed by atoms with Gasteiger partial charge in [0.1, 0.15) is 5.69 Å². The van der Waals surface area contributed by atoms with E-state index in [4.69, 9.17) is 11.6 Å².